The molecule has 0 aliphatic carbocycles. The molecule has 0 unspecified atom stereocenters. The maximum atomic E-state index is 13.3. The van der Waals surface area contributed by atoms with Crippen LogP contribution in [-0.2, 0) is 4.79 Å². The van der Waals surface area contributed by atoms with Crippen LogP contribution in [0.4, 0.5) is 21.5 Å². The summed E-state index contributed by atoms with van der Waals surface area (Å²) in [4.78, 5) is 13.5. The molecule has 1 aliphatic heterocycles. The number of hydrogen-bond acceptors (Lipinski definition) is 4. The third-order valence-electron chi connectivity index (χ3n) is 2.17. The molecule has 0 amide bonds. The Morgan fingerprint density at radius 1 is 1.40 bits per heavy atom. The number of nitrogens with one attached hydrogen (secondary N) is 2. The molecule has 1 aromatic carbocycles. The van der Waals surface area contributed by atoms with E-state index in [1.165, 1.54) is 12.1 Å². The van der Waals surface area contributed by atoms with Gasteiger partial charge in [-0.15, -0.1) is 0 Å². The van der Waals surface area contributed by atoms with E-state index in [9.17, 15) is 9.18 Å². The van der Waals surface area contributed by atoms with Crippen LogP contribution in [0.15, 0.2) is 17.1 Å². The number of isocyanates is 1. The fraction of sp³-hybridized carbons (Fsp3) is 0.300. The summed E-state index contributed by atoms with van der Waals surface area (Å²) in [5, 5.41) is 6.18. The quantitative estimate of drug-likeness (QED) is 0.549. The van der Waals surface area contributed by atoms with Crippen LogP contribution < -0.4 is 10.6 Å². The maximum absolute atomic E-state index is 13.3. The van der Waals surface area contributed by atoms with Gasteiger partial charge in [0.2, 0.25) is 6.08 Å². The largest absolute Gasteiger partial charge is 0.362 e. The summed E-state index contributed by atoms with van der Waals surface area (Å²) in [5.41, 5.74) is 0.864. The Labute approximate surface area is 86.2 Å². The second-order valence-electron chi connectivity index (χ2n) is 3.90. The third-order valence-corrected chi connectivity index (χ3v) is 2.17. The van der Waals surface area contributed by atoms with Crippen LogP contribution in [-0.4, -0.2) is 11.7 Å². The first-order valence-corrected chi connectivity index (χ1v) is 4.50. The van der Waals surface area contributed by atoms with E-state index in [-0.39, 0.29) is 11.4 Å². The van der Waals surface area contributed by atoms with Gasteiger partial charge in [0.1, 0.15) is 11.4 Å². The van der Waals surface area contributed by atoms with Crippen LogP contribution in [0.2, 0.25) is 0 Å². The van der Waals surface area contributed by atoms with Gasteiger partial charge in [-0.1, -0.05) is 0 Å². The summed E-state index contributed by atoms with van der Waals surface area (Å²) < 4.78 is 13.3. The van der Waals surface area contributed by atoms with Crippen molar-refractivity contribution in [3.05, 3.63) is 17.9 Å². The summed E-state index contributed by atoms with van der Waals surface area (Å²) in [6.07, 6.45) is 1.35. The number of rotatable bonds is 1. The smallest absolute Gasteiger partial charge is 0.240 e. The molecule has 0 spiro atoms. The van der Waals surface area contributed by atoms with E-state index in [2.05, 4.69) is 15.6 Å². The minimum atomic E-state index is -0.538. The highest BCUT2D eigenvalue weighted by atomic mass is 19.1. The van der Waals surface area contributed by atoms with Crippen molar-refractivity contribution in [3.8, 4) is 0 Å². The SMILES string of the molecule is CC1(C)Nc2ccc(F)c(N=C=O)c2N1. The predicted octanol–water partition coefficient (Wildman–Crippen LogP) is 2.37. The summed E-state index contributed by atoms with van der Waals surface area (Å²) in [6.45, 7) is 3.80. The van der Waals surface area contributed by atoms with Gasteiger partial charge >= 0.3 is 0 Å². The van der Waals surface area contributed by atoms with Gasteiger partial charge in [-0.3, -0.25) is 0 Å². The Hall–Kier alpha value is -1.87. The Morgan fingerprint density at radius 2 is 2.13 bits per heavy atom. The van der Waals surface area contributed by atoms with Gasteiger partial charge in [-0.05, 0) is 26.0 Å². The van der Waals surface area contributed by atoms with Crippen molar-refractivity contribution in [2.75, 3.05) is 10.6 Å². The zero-order chi connectivity index (χ0) is 11.1. The highest BCUT2D eigenvalue weighted by Crippen LogP contribution is 2.42. The van der Waals surface area contributed by atoms with Crippen LogP contribution in [0.5, 0.6) is 0 Å². The van der Waals surface area contributed by atoms with E-state index in [0.29, 0.717) is 5.69 Å². The van der Waals surface area contributed by atoms with Gasteiger partial charge in [0.05, 0.1) is 11.4 Å². The molecule has 1 aromatic rings. The standard InChI is InChI=1S/C10H10FN3O/c1-10(2)13-7-4-3-6(11)8(12-5-15)9(7)14-10/h3-4,13-14H,1-2H3. The molecule has 0 atom stereocenters. The average Bonchev–Trinajstić information content (AvgIpc) is 2.46. The van der Waals surface area contributed by atoms with Crippen LogP contribution in [0.3, 0.4) is 0 Å². The highest BCUT2D eigenvalue weighted by molar-refractivity contribution is 5.86. The van der Waals surface area contributed by atoms with Crippen molar-refractivity contribution in [2.45, 2.75) is 19.5 Å². The molecule has 2 N–H and O–H groups in total. The predicted molar refractivity (Wildman–Crippen MR) is 55.5 cm³/mol. The van der Waals surface area contributed by atoms with E-state index in [0.717, 1.165) is 5.69 Å². The summed E-state index contributed by atoms with van der Waals surface area (Å²) >= 11 is 0. The molecule has 1 heterocycles. The molecule has 4 nitrogen and oxygen atoms in total. The summed E-state index contributed by atoms with van der Waals surface area (Å²) in [5.74, 6) is -0.538. The topological polar surface area (TPSA) is 53.5 Å². The molecular formula is C10H10FN3O. The second kappa shape index (κ2) is 3.07. The lowest BCUT2D eigenvalue weighted by molar-refractivity contribution is 0.564. The summed E-state index contributed by atoms with van der Waals surface area (Å²) in [6, 6.07) is 2.88. The lowest BCUT2D eigenvalue weighted by atomic mass is 10.2. The van der Waals surface area contributed by atoms with E-state index in [4.69, 9.17) is 0 Å². The zero-order valence-electron chi connectivity index (χ0n) is 8.39. The van der Waals surface area contributed by atoms with E-state index >= 15 is 0 Å². The molecule has 0 fully saturated rings. The number of halogens is 1. The lowest BCUT2D eigenvalue weighted by Gasteiger charge is -2.19. The first-order valence-electron chi connectivity index (χ1n) is 4.50. The Bertz CT molecular complexity index is 464. The number of carbonyl (C=O) groups excluding carboxylic acids is 1. The molecule has 2 rings (SSSR count). The molecule has 78 valence electrons. The van der Waals surface area contributed by atoms with Gasteiger partial charge < -0.3 is 10.6 Å². The molecule has 5 heteroatoms. The van der Waals surface area contributed by atoms with Crippen molar-refractivity contribution in [3.63, 3.8) is 0 Å². The van der Waals surface area contributed by atoms with E-state index in [1.807, 2.05) is 13.8 Å². The van der Waals surface area contributed by atoms with Crippen molar-refractivity contribution in [1.82, 2.24) is 0 Å². The minimum absolute atomic E-state index is 0.000532. The first kappa shape index (κ1) is 9.68. The normalized spacial score (nSPS) is 15.9. The van der Waals surface area contributed by atoms with Crippen molar-refractivity contribution in [2.24, 2.45) is 4.99 Å². The zero-order valence-corrected chi connectivity index (χ0v) is 8.39. The molecule has 0 saturated heterocycles. The van der Waals surface area contributed by atoms with Crippen molar-refractivity contribution < 1.29 is 9.18 Å². The van der Waals surface area contributed by atoms with Gasteiger partial charge in [0.15, 0.2) is 5.82 Å². The van der Waals surface area contributed by atoms with Crippen LogP contribution in [0, 0.1) is 5.82 Å². The molecule has 0 aromatic heterocycles. The number of nitrogens with zero attached hydrogens (tertiary/aromatic N) is 1. The Kier molecular flexibility index (Phi) is 1.98. The van der Waals surface area contributed by atoms with Crippen LogP contribution >= 0.6 is 0 Å². The third kappa shape index (κ3) is 1.57. The number of aliphatic imine (C=N–C) groups is 1. The molecule has 15 heavy (non-hydrogen) atoms. The van der Waals surface area contributed by atoms with E-state index in [1.54, 1.807) is 6.07 Å². The summed E-state index contributed by atoms with van der Waals surface area (Å²) in [7, 11) is 0. The van der Waals surface area contributed by atoms with Crippen LogP contribution in [0.25, 0.3) is 0 Å². The molecule has 0 saturated carbocycles. The molecule has 0 radical (unpaired) electrons. The molecular weight excluding hydrogens is 197 g/mol. The molecule has 0 bridgehead atoms. The number of hydrogen-bond donors (Lipinski definition) is 2. The fourth-order valence-corrected chi connectivity index (χ4v) is 1.63. The number of fused-ring (bicyclic) bond motifs is 1. The molecule has 1 aliphatic rings. The monoisotopic (exact) mass is 207 g/mol. The van der Waals surface area contributed by atoms with Crippen LogP contribution in [0.1, 0.15) is 13.8 Å². The lowest BCUT2D eigenvalue weighted by Crippen LogP contribution is -2.33. The van der Waals surface area contributed by atoms with Gasteiger partial charge in [0.25, 0.3) is 0 Å². The Morgan fingerprint density at radius 3 is 2.80 bits per heavy atom. The van der Waals surface area contributed by atoms with Gasteiger partial charge in [-0.25, -0.2) is 9.18 Å². The highest BCUT2D eigenvalue weighted by Gasteiger charge is 2.29. The first-order chi connectivity index (χ1) is 7.03. The number of anilines is 2. The average molecular weight is 207 g/mol. The Balaban J connectivity index is 2.59. The maximum Gasteiger partial charge on any atom is 0.240 e. The second-order valence-corrected chi connectivity index (χ2v) is 3.90. The minimum Gasteiger partial charge on any atom is -0.362 e. The van der Waals surface area contributed by atoms with Gasteiger partial charge in [0, 0.05) is 0 Å². The van der Waals surface area contributed by atoms with Gasteiger partial charge in [-0.2, -0.15) is 4.99 Å². The number of benzene rings is 1. The van der Waals surface area contributed by atoms with Crippen molar-refractivity contribution in [1.29, 1.82) is 0 Å². The van der Waals surface area contributed by atoms with E-state index < -0.39 is 5.82 Å². The van der Waals surface area contributed by atoms with Crippen molar-refractivity contribution >= 4 is 23.1 Å². The fourth-order valence-electron chi connectivity index (χ4n) is 1.63.